The van der Waals surface area contributed by atoms with Crippen molar-refractivity contribution in [3.05, 3.63) is 152 Å². The maximum Gasteiger partial charge on any atom is 0.0900 e. The maximum absolute atomic E-state index is 4.96. The van der Waals surface area contributed by atoms with E-state index in [0.29, 0.717) is 0 Å². The summed E-state index contributed by atoms with van der Waals surface area (Å²) in [7, 11) is 0. The minimum absolute atomic E-state index is 0.876. The lowest BCUT2D eigenvalue weighted by Crippen LogP contribution is -1.92. The van der Waals surface area contributed by atoms with E-state index in [1.165, 1.54) is 38.2 Å². The first-order valence-corrected chi connectivity index (χ1v) is 14.1. The van der Waals surface area contributed by atoms with Crippen LogP contribution in [0.25, 0.3) is 77.2 Å². The van der Waals surface area contributed by atoms with Crippen molar-refractivity contribution < 1.29 is 0 Å². The highest BCUT2D eigenvalue weighted by atomic mass is 14.8. The summed E-state index contributed by atoms with van der Waals surface area (Å²) in [6.45, 7) is 0. The zero-order valence-corrected chi connectivity index (χ0v) is 22.8. The molecule has 2 aromatic heterocycles. The molecule has 6 aromatic carbocycles. The predicted molar refractivity (Wildman–Crippen MR) is 174 cm³/mol. The number of hydrogen-bond donors (Lipinski definition) is 0. The number of nitrogens with zero attached hydrogens (tertiary/aromatic N) is 3. The Labute approximate surface area is 243 Å². The Kier molecular flexibility index (Phi) is 5.79. The second-order valence-electron chi connectivity index (χ2n) is 10.5. The summed E-state index contributed by atoms with van der Waals surface area (Å²) in [5, 5.41) is 4.89. The lowest BCUT2D eigenvalue weighted by atomic mass is 9.86. The molecule has 0 fully saturated rings. The third-order valence-corrected chi connectivity index (χ3v) is 7.98. The molecule has 8 aromatic rings. The summed E-state index contributed by atoms with van der Waals surface area (Å²) in [6.07, 6.45) is 5.64. The lowest BCUT2D eigenvalue weighted by Gasteiger charge is -2.18. The Balaban J connectivity index is 1.32. The first kappa shape index (κ1) is 24.2. The van der Waals surface area contributed by atoms with Crippen molar-refractivity contribution in [1.29, 1.82) is 0 Å². The van der Waals surface area contributed by atoms with Crippen LogP contribution in [0.15, 0.2) is 152 Å². The van der Waals surface area contributed by atoms with E-state index in [0.717, 1.165) is 39.0 Å². The molecule has 3 nitrogen and oxygen atoms in total. The van der Waals surface area contributed by atoms with Gasteiger partial charge in [-0.25, -0.2) is 4.98 Å². The topological polar surface area (TPSA) is 38.7 Å². The molecule has 196 valence electrons. The summed E-state index contributed by atoms with van der Waals surface area (Å²) in [4.78, 5) is 14.1. The molecule has 0 saturated carbocycles. The number of aromatic nitrogens is 3. The Morgan fingerprint density at radius 3 is 1.67 bits per heavy atom. The van der Waals surface area contributed by atoms with Crippen molar-refractivity contribution in [3.8, 4) is 44.6 Å². The summed E-state index contributed by atoms with van der Waals surface area (Å²) >= 11 is 0. The van der Waals surface area contributed by atoms with Gasteiger partial charge in [-0.1, -0.05) is 109 Å². The van der Waals surface area contributed by atoms with Gasteiger partial charge in [0, 0.05) is 23.5 Å². The molecule has 8 rings (SSSR count). The van der Waals surface area contributed by atoms with Gasteiger partial charge in [0.25, 0.3) is 0 Å². The van der Waals surface area contributed by atoms with Crippen molar-refractivity contribution in [1.82, 2.24) is 15.0 Å². The Bertz CT molecular complexity index is 2180. The molecular weight excluding hydrogens is 510 g/mol. The predicted octanol–water partition coefficient (Wildman–Crippen LogP) is 10.00. The fraction of sp³-hybridized carbons (Fsp3) is 0. The summed E-state index contributed by atoms with van der Waals surface area (Å²) in [5.74, 6) is 0. The number of rotatable bonds is 4. The Hall–Kier alpha value is -5.67. The average Bonchev–Trinajstić information content (AvgIpc) is 3.07. The standard InChI is InChI=1S/C39H25N3/c1-2-10-26(11-3-1)37-25-41-35-20-19-28(23-36(35)42-37)27-12-8-13-29(22-27)38-31-15-4-6-17-33(31)39(30-14-9-21-40-24-30)34-18-7-5-16-32(34)38/h1-25H. The van der Waals surface area contributed by atoms with Gasteiger partial charge in [-0.15, -0.1) is 0 Å². The van der Waals surface area contributed by atoms with E-state index in [9.17, 15) is 0 Å². The highest BCUT2D eigenvalue weighted by Crippen LogP contribution is 2.44. The minimum Gasteiger partial charge on any atom is -0.264 e. The minimum atomic E-state index is 0.876. The van der Waals surface area contributed by atoms with Gasteiger partial charge in [-0.05, 0) is 73.6 Å². The summed E-state index contributed by atoms with van der Waals surface area (Å²) < 4.78 is 0. The highest BCUT2D eigenvalue weighted by Gasteiger charge is 2.17. The van der Waals surface area contributed by atoms with Crippen LogP contribution < -0.4 is 0 Å². The van der Waals surface area contributed by atoms with Crippen LogP contribution in [0.3, 0.4) is 0 Å². The second-order valence-corrected chi connectivity index (χ2v) is 10.5. The zero-order chi connectivity index (χ0) is 27.9. The molecule has 0 atom stereocenters. The van der Waals surface area contributed by atoms with Gasteiger partial charge in [0.15, 0.2) is 0 Å². The van der Waals surface area contributed by atoms with Gasteiger partial charge in [0.2, 0.25) is 0 Å². The van der Waals surface area contributed by atoms with E-state index >= 15 is 0 Å². The Morgan fingerprint density at radius 2 is 0.976 bits per heavy atom. The van der Waals surface area contributed by atoms with Gasteiger partial charge >= 0.3 is 0 Å². The Morgan fingerprint density at radius 1 is 0.381 bits per heavy atom. The third-order valence-electron chi connectivity index (χ3n) is 7.98. The molecule has 0 N–H and O–H groups in total. The molecule has 0 spiro atoms. The van der Waals surface area contributed by atoms with Crippen molar-refractivity contribution in [2.24, 2.45) is 0 Å². The van der Waals surface area contributed by atoms with Crippen LogP contribution in [0, 0.1) is 0 Å². The van der Waals surface area contributed by atoms with E-state index in [1.807, 2.05) is 42.9 Å². The molecule has 0 radical (unpaired) electrons. The zero-order valence-electron chi connectivity index (χ0n) is 22.8. The van der Waals surface area contributed by atoms with E-state index < -0.39 is 0 Å². The quantitative estimate of drug-likeness (QED) is 0.211. The van der Waals surface area contributed by atoms with Gasteiger partial charge in [-0.3, -0.25) is 9.97 Å². The van der Waals surface area contributed by atoms with Gasteiger partial charge in [0.1, 0.15) is 0 Å². The van der Waals surface area contributed by atoms with Gasteiger partial charge < -0.3 is 0 Å². The molecule has 0 aliphatic heterocycles. The number of benzene rings is 6. The van der Waals surface area contributed by atoms with Crippen LogP contribution in [0.2, 0.25) is 0 Å². The molecule has 0 amide bonds. The van der Waals surface area contributed by atoms with E-state index in [4.69, 9.17) is 9.97 Å². The smallest absolute Gasteiger partial charge is 0.0900 e. The van der Waals surface area contributed by atoms with Crippen molar-refractivity contribution in [2.45, 2.75) is 0 Å². The molecular formula is C39H25N3. The molecule has 0 aliphatic rings. The molecule has 0 saturated heterocycles. The maximum atomic E-state index is 4.96. The monoisotopic (exact) mass is 535 g/mol. The van der Waals surface area contributed by atoms with Crippen LogP contribution in [0.4, 0.5) is 0 Å². The fourth-order valence-corrected chi connectivity index (χ4v) is 6.05. The summed E-state index contributed by atoms with van der Waals surface area (Å²) in [6, 6.07) is 47.0. The SMILES string of the molecule is c1ccc(-c2cnc3ccc(-c4cccc(-c5c6ccccc6c(-c6cccnc6)c6ccccc56)c4)cc3n2)cc1. The second kappa shape index (κ2) is 10.1. The molecule has 2 heterocycles. The molecule has 3 heteroatoms. The fourth-order valence-electron chi connectivity index (χ4n) is 6.05. The molecule has 0 unspecified atom stereocenters. The van der Waals surface area contributed by atoms with Crippen molar-refractivity contribution in [3.63, 3.8) is 0 Å². The van der Waals surface area contributed by atoms with Crippen LogP contribution in [-0.4, -0.2) is 15.0 Å². The largest absolute Gasteiger partial charge is 0.264 e. The molecule has 0 aliphatic carbocycles. The van der Waals surface area contributed by atoms with Gasteiger partial charge in [0.05, 0.1) is 22.9 Å². The number of pyridine rings is 1. The first-order valence-electron chi connectivity index (χ1n) is 14.1. The molecule has 42 heavy (non-hydrogen) atoms. The van der Waals surface area contributed by atoms with Crippen molar-refractivity contribution in [2.75, 3.05) is 0 Å². The van der Waals surface area contributed by atoms with Crippen LogP contribution in [0.1, 0.15) is 0 Å². The van der Waals surface area contributed by atoms with E-state index in [-0.39, 0.29) is 0 Å². The average molecular weight is 536 g/mol. The number of fused-ring (bicyclic) bond motifs is 3. The number of hydrogen-bond acceptors (Lipinski definition) is 3. The van der Waals surface area contributed by atoms with Crippen LogP contribution in [-0.2, 0) is 0 Å². The van der Waals surface area contributed by atoms with E-state index in [2.05, 4.69) is 114 Å². The van der Waals surface area contributed by atoms with Crippen molar-refractivity contribution >= 4 is 32.6 Å². The molecule has 0 bridgehead atoms. The lowest BCUT2D eigenvalue weighted by molar-refractivity contribution is 1.29. The van der Waals surface area contributed by atoms with Crippen LogP contribution in [0.5, 0.6) is 0 Å². The highest BCUT2D eigenvalue weighted by molar-refractivity contribution is 6.21. The normalized spacial score (nSPS) is 11.3. The first-order chi connectivity index (χ1) is 20.8. The summed E-state index contributed by atoms with van der Waals surface area (Å²) in [5.41, 5.74) is 10.7. The van der Waals surface area contributed by atoms with Gasteiger partial charge in [-0.2, -0.15) is 0 Å². The third kappa shape index (κ3) is 4.11. The van der Waals surface area contributed by atoms with Crippen LogP contribution >= 0.6 is 0 Å². The van der Waals surface area contributed by atoms with E-state index in [1.54, 1.807) is 0 Å².